The molecule has 0 aliphatic heterocycles. The van der Waals surface area contributed by atoms with E-state index in [1.54, 1.807) is 35.0 Å². The van der Waals surface area contributed by atoms with Crippen LogP contribution in [0.1, 0.15) is 26.3 Å². The Bertz CT molecular complexity index is 1030. The predicted octanol–water partition coefficient (Wildman–Crippen LogP) is 2.68. The number of fused-ring (bicyclic) bond motifs is 1. The number of benzene rings is 1. The van der Waals surface area contributed by atoms with E-state index in [1.165, 1.54) is 6.26 Å². The van der Waals surface area contributed by atoms with Crippen LogP contribution in [0.2, 0.25) is 0 Å². The zero-order valence-corrected chi connectivity index (χ0v) is 14.9. The molecule has 0 atom stereocenters. The fourth-order valence-electron chi connectivity index (χ4n) is 2.71. The lowest BCUT2D eigenvalue weighted by atomic mass is 9.88. The van der Waals surface area contributed by atoms with Gasteiger partial charge in [0.05, 0.1) is 10.6 Å². The predicted molar refractivity (Wildman–Crippen MR) is 94.6 cm³/mol. The van der Waals surface area contributed by atoms with E-state index in [9.17, 15) is 8.42 Å². The lowest BCUT2D eigenvalue weighted by molar-refractivity contribution is 0.596. The molecule has 1 aromatic carbocycles. The number of nitrogen functional groups attached to an aromatic ring is 1. The Morgan fingerprint density at radius 1 is 1.17 bits per heavy atom. The van der Waals surface area contributed by atoms with Crippen LogP contribution < -0.4 is 5.73 Å². The summed E-state index contributed by atoms with van der Waals surface area (Å²) < 4.78 is 25.2. The van der Waals surface area contributed by atoms with E-state index in [2.05, 4.69) is 30.9 Å². The molecule has 6 nitrogen and oxygen atoms in total. The summed E-state index contributed by atoms with van der Waals surface area (Å²) >= 11 is 0. The molecule has 126 valence electrons. The monoisotopic (exact) mass is 344 g/mol. The largest absolute Gasteiger partial charge is 0.382 e. The molecule has 2 N–H and O–H groups in total. The van der Waals surface area contributed by atoms with Crippen molar-refractivity contribution in [2.45, 2.75) is 31.1 Å². The molecule has 24 heavy (non-hydrogen) atoms. The summed E-state index contributed by atoms with van der Waals surface area (Å²) in [4.78, 5) is 4.95. The highest BCUT2D eigenvalue weighted by Crippen LogP contribution is 2.31. The molecule has 3 aromatic rings. The topological polar surface area (TPSA) is 90.3 Å². The van der Waals surface area contributed by atoms with Gasteiger partial charge in [-0.3, -0.25) is 0 Å². The van der Waals surface area contributed by atoms with Crippen molar-refractivity contribution in [1.29, 1.82) is 0 Å². The van der Waals surface area contributed by atoms with Gasteiger partial charge in [-0.25, -0.2) is 17.9 Å². The van der Waals surface area contributed by atoms with Gasteiger partial charge < -0.3 is 5.73 Å². The summed E-state index contributed by atoms with van der Waals surface area (Å²) in [5.74, 6) is 0.456. The Morgan fingerprint density at radius 2 is 1.88 bits per heavy atom. The maximum absolute atomic E-state index is 11.8. The summed E-state index contributed by atoms with van der Waals surface area (Å²) in [6.07, 6.45) is 2.98. The second-order valence-corrected chi connectivity index (χ2v) is 8.91. The number of aromatic nitrogens is 3. The van der Waals surface area contributed by atoms with Gasteiger partial charge in [-0.05, 0) is 23.6 Å². The van der Waals surface area contributed by atoms with Gasteiger partial charge in [-0.15, -0.1) is 5.10 Å². The fourth-order valence-corrected chi connectivity index (χ4v) is 3.38. The molecule has 7 heteroatoms. The smallest absolute Gasteiger partial charge is 0.175 e. The van der Waals surface area contributed by atoms with Gasteiger partial charge in [0.25, 0.3) is 0 Å². The molecule has 2 heterocycles. The van der Waals surface area contributed by atoms with Crippen LogP contribution >= 0.6 is 0 Å². The summed E-state index contributed by atoms with van der Waals surface area (Å²) in [6, 6.07) is 8.56. The minimum absolute atomic E-state index is 0.202. The van der Waals surface area contributed by atoms with Crippen molar-refractivity contribution in [2.24, 2.45) is 0 Å². The third-order valence-electron chi connectivity index (χ3n) is 3.82. The summed E-state index contributed by atoms with van der Waals surface area (Å²) in [5.41, 5.74) is 8.83. The first-order valence-electron chi connectivity index (χ1n) is 7.53. The van der Waals surface area contributed by atoms with Gasteiger partial charge in [0.1, 0.15) is 0 Å². The van der Waals surface area contributed by atoms with E-state index < -0.39 is 9.84 Å². The fraction of sp³-hybridized carbons (Fsp3) is 0.294. The molecule has 0 radical (unpaired) electrons. The first kappa shape index (κ1) is 16.4. The zero-order chi connectivity index (χ0) is 17.7. The summed E-state index contributed by atoms with van der Waals surface area (Å²) in [7, 11) is -3.27. The molecule has 0 spiro atoms. The molecule has 0 amide bonds. The van der Waals surface area contributed by atoms with E-state index in [4.69, 9.17) is 5.73 Å². The molecule has 0 aliphatic carbocycles. The second-order valence-electron chi connectivity index (χ2n) is 6.89. The number of rotatable bonds is 2. The van der Waals surface area contributed by atoms with Crippen molar-refractivity contribution in [3.63, 3.8) is 0 Å². The molecular formula is C17H20N4O2S. The first-order valence-corrected chi connectivity index (χ1v) is 9.42. The second kappa shape index (κ2) is 5.31. The van der Waals surface area contributed by atoms with Gasteiger partial charge in [-0.2, -0.15) is 0 Å². The van der Waals surface area contributed by atoms with Gasteiger partial charge in [0, 0.05) is 23.6 Å². The average Bonchev–Trinajstić information content (AvgIpc) is 2.81. The quantitative estimate of drug-likeness (QED) is 0.772. The molecule has 0 bridgehead atoms. The Balaban J connectivity index is 2.22. The van der Waals surface area contributed by atoms with Crippen molar-refractivity contribution in [3.8, 4) is 11.3 Å². The van der Waals surface area contributed by atoms with Gasteiger partial charge in [-0.1, -0.05) is 32.9 Å². The molecule has 0 saturated heterocycles. The van der Waals surface area contributed by atoms with Crippen molar-refractivity contribution in [2.75, 3.05) is 12.0 Å². The summed E-state index contributed by atoms with van der Waals surface area (Å²) in [5, 5.41) is 4.31. The molecular weight excluding hydrogens is 324 g/mol. The maximum Gasteiger partial charge on any atom is 0.175 e. The van der Waals surface area contributed by atoms with Crippen LogP contribution in [0.5, 0.6) is 0 Å². The van der Waals surface area contributed by atoms with Crippen LogP contribution in [0.4, 0.5) is 5.82 Å². The number of nitrogens with zero attached hydrogens (tertiary/aromatic N) is 3. The minimum Gasteiger partial charge on any atom is -0.382 e. The Morgan fingerprint density at radius 3 is 2.50 bits per heavy atom. The minimum atomic E-state index is -3.27. The van der Waals surface area contributed by atoms with E-state index in [1.807, 2.05) is 6.07 Å². The maximum atomic E-state index is 11.8. The van der Waals surface area contributed by atoms with Crippen molar-refractivity contribution < 1.29 is 8.42 Å². The Kier molecular flexibility index (Phi) is 3.64. The molecule has 0 aliphatic rings. The number of nitrogens with two attached hydrogens (primary N) is 1. The number of anilines is 1. The molecule has 0 unspecified atom stereocenters. The lowest BCUT2D eigenvalue weighted by Crippen LogP contribution is -2.13. The van der Waals surface area contributed by atoms with Gasteiger partial charge >= 0.3 is 0 Å². The number of sulfone groups is 1. The van der Waals surface area contributed by atoms with Crippen molar-refractivity contribution >= 4 is 21.3 Å². The SMILES string of the molecule is CC(C)(C)c1c(N)nn2ccc(-c3cccc(S(C)(=O)=O)c3)nc12. The molecule has 3 rings (SSSR count). The molecule has 0 saturated carbocycles. The van der Waals surface area contributed by atoms with E-state index in [-0.39, 0.29) is 10.3 Å². The van der Waals surface area contributed by atoms with E-state index in [0.29, 0.717) is 17.2 Å². The Hall–Kier alpha value is -2.41. The van der Waals surface area contributed by atoms with Crippen LogP contribution in [0, 0.1) is 0 Å². The van der Waals surface area contributed by atoms with Crippen LogP contribution in [-0.4, -0.2) is 29.3 Å². The molecule has 2 aromatic heterocycles. The van der Waals surface area contributed by atoms with Crippen LogP contribution in [0.25, 0.3) is 16.9 Å². The highest BCUT2D eigenvalue weighted by molar-refractivity contribution is 7.90. The third-order valence-corrected chi connectivity index (χ3v) is 4.93. The molecule has 0 fully saturated rings. The van der Waals surface area contributed by atoms with Gasteiger partial charge in [0.2, 0.25) is 0 Å². The Labute approximate surface area is 141 Å². The summed E-state index contributed by atoms with van der Waals surface area (Å²) in [6.45, 7) is 6.16. The zero-order valence-electron chi connectivity index (χ0n) is 14.1. The third kappa shape index (κ3) is 2.87. The average molecular weight is 344 g/mol. The first-order chi connectivity index (χ1) is 11.1. The van der Waals surface area contributed by atoms with E-state index >= 15 is 0 Å². The number of hydrogen-bond acceptors (Lipinski definition) is 5. The highest BCUT2D eigenvalue weighted by Gasteiger charge is 2.24. The van der Waals surface area contributed by atoms with Crippen molar-refractivity contribution in [3.05, 3.63) is 42.1 Å². The highest BCUT2D eigenvalue weighted by atomic mass is 32.2. The van der Waals surface area contributed by atoms with Gasteiger partial charge in [0.15, 0.2) is 21.3 Å². The van der Waals surface area contributed by atoms with Crippen LogP contribution in [-0.2, 0) is 15.3 Å². The van der Waals surface area contributed by atoms with Crippen LogP contribution in [0.3, 0.4) is 0 Å². The lowest BCUT2D eigenvalue weighted by Gasteiger charge is -2.17. The van der Waals surface area contributed by atoms with E-state index in [0.717, 1.165) is 11.1 Å². The number of hydrogen-bond donors (Lipinski definition) is 1. The van der Waals surface area contributed by atoms with Crippen molar-refractivity contribution in [1.82, 2.24) is 14.6 Å². The van der Waals surface area contributed by atoms with Crippen LogP contribution in [0.15, 0.2) is 41.4 Å². The standard InChI is InChI=1S/C17H20N4O2S/c1-17(2,3)14-15(18)20-21-9-8-13(19-16(14)21)11-6-5-7-12(10-11)24(4,22)23/h5-10H,1-4H3,(H2,18,20). The normalized spacial score (nSPS) is 12.7.